The van der Waals surface area contributed by atoms with Gasteiger partial charge in [0.25, 0.3) is 0 Å². The van der Waals surface area contributed by atoms with E-state index in [-0.39, 0.29) is 5.91 Å². The van der Waals surface area contributed by atoms with E-state index in [2.05, 4.69) is 51.4 Å². The molecule has 0 radical (unpaired) electrons. The Morgan fingerprint density at radius 1 is 1.00 bits per heavy atom. The molecule has 154 valence electrons. The number of hydrazine groups is 1. The zero-order valence-electron chi connectivity index (χ0n) is 17.0. The summed E-state index contributed by atoms with van der Waals surface area (Å²) in [5.41, 5.74) is 9.05. The fourth-order valence-electron chi connectivity index (χ4n) is 4.59. The molecule has 2 aromatic carbocycles. The number of nitrogens with one attached hydrogen (secondary N) is 3. The maximum Gasteiger partial charge on any atom is 0.224 e. The predicted molar refractivity (Wildman–Crippen MR) is 117 cm³/mol. The van der Waals surface area contributed by atoms with Crippen LogP contribution >= 0.6 is 0 Å². The van der Waals surface area contributed by atoms with E-state index in [9.17, 15) is 4.79 Å². The van der Waals surface area contributed by atoms with Crippen LogP contribution in [0.25, 0.3) is 0 Å². The number of nitrogens with zero attached hydrogens (tertiary/aromatic N) is 1. The van der Waals surface area contributed by atoms with E-state index in [1.54, 1.807) is 0 Å². The van der Waals surface area contributed by atoms with Crippen LogP contribution < -0.4 is 16.2 Å². The van der Waals surface area contributed by atoms with Gasteiger partial charge in [-0.25, -0.2) is 5.43 Å². The summed E-state index contributed by atoms with van der Waals surface area (Å²) in [5, 5.41) is 3.00. The number of benzene rings is 2. The Kier molecular flexibility index (Phi) is 6.93. The van der Waals surface area contributed by atoms with E-state index in [1.807, 2.05) is 30.3 Å². The first kappa shape index (κ1) is 20.1. The van der Waals surface area contributed by atoms with Crippen molar-refractivity contribution in [2.24, 2.45) is 11.8 Å². The molecule has 5 heteroatoms. The molecule has 2 saturated heterocycles. The fraction of sp³-hybridized carbons (Fsp3) is 0.458. The lowest BCUT2D eigenvalue weighted by atomic mass is 9.90. The third-order valence-corrected chi connectivity index (χ3v) is 6.29. The standard InChI is InChI=1S/C24H32N4O/c29-23(26-22-9-5-2-6-10-22)12-11-19-13-15-28(16-14-19)18-21-17-25-27-24(21)20-7-3-1-4-8-20/h1-10,19,21,24-25,27H,11-18H2,(H,26,29). The van der Waals surface area contributed by atoms with Crippen LogP contribution in [0.1, 0.15) is 37.3 Å². The zero-order chi connectivity index (χ0) is 19.9. The van der Waals surface area contributed by atoms with Crippen LogP contribution in [-0.2, 0) is 4.79 Å². The molecule has 0 bridgehead atoms. The van der Waals surface area contributed by atoms with E-state index >= 15 is 0 Å². The average Bonchev–Trinajstić information content (AvgIpc) is 3.23. The molecule has 2 aromatic rings. The number of rotatable bonds is 7. The number of para-hydroxylation sites is 1. The molecular weight excluding hydrogens is 360 g/mol. The summed E-state index contributed by atoms with van der Waals surface area (Å²) in [4.78, 5) is 14.8. The molecule has 0 aromatic heterocycles. The van der Waals surface area contributed by atoms with Crippen molar-refractivity contribution in [3.05, 3.63) is 66.2 Å². The SMILES string of the molecule is O=C(CCC1CCN(CC2CNNC2c2ccccc2)CC1)Nc1ccccc1. The van der Waals surface area contributed by atoms with Gasteiger partial charge in [-0.05, 0) is 56.0 Å². The molecule has 2 heterocycles. The summed E-state index contributed by atoms with van der Waals surface area (Å²) in [5.74, 6) is 1.38. The first-order valence-corrected chi connectivity index (χ1v) is 10.9. The Hall–Kier alpha value is -2.21. The third-order valence-electron chi connectivity index (χ3n) is 6.29. The Labute approximate surface area is 173 Å². The van der Waals surface area contributed by atoms with Crippen LogP contribution in [0.15, 0.2) is 60.7 Å². The molecule has 2 unspecified atom stereocenters. The minimum absolute atomic E-state index is 0.132. The molecule has 0 spiro atoms. The van der Waals surface area contributed by atoms with Gasteiger partial charge in [0.15, 0.2) is 0 Å². The monoisotopic (exact) mass is 392 g/mol. The molecule has 0 saturated carbocycles. The first-order valence-electron chi connectivity index (χ1n) is 10.9. The largest absolute Gasteiger partial charge is 0.326 e. The highest BCUT2D eigenvalue weighted by Crippen LogP contribution is 2.28. The van der Waals surface area contributed by atoms with Crippen LogP contribution in [0, 0.1) is 11.8 Å². The van der Waals surface area contributed by atoms with E-state index in [0.29, 0.717) is 24.3 Å². The lowest BCUT2D eigenvalue weighted by molar-refractivity contribution is -0.116. The van der Waals surface area contributed by atoms with Gasteiger partial charge in [-0.3, -0.25) is 10.2 Å². The lowest BCUT2D eigenvalue weighted by Crippen LogP contribution is -2.39. The second-order valence-electron chi connectivity index (χ2n) is 8.37. The summed E-state index contributed by atoms with van der Waals surface area (Å²) < 4.78 is 0. The van der Waals surface area contributed by atoms with Crippen molar-refractivity contribution in [1.82, 2.24) is 15.8 Å². The number of likely N-dealkylation sites (tertiary alicyclic amines) is 1. The lowest BCUT2D eigenvalue weighted by Gasteiger charge is -2.34. The number of carbonyl (C=O) groups excluding carboxylic acids is 1. The molecule has 2 aliphatic heterocycles. The summed E-state index contributed by atoms with van der Waals surface area (Å²) in [6, 6.07) is 20.8. The number of anilines is 1. The van der Waals surface area contributed by atoms with Gasteiger partial charge in [0, 0.05) is 31.1 Å². The van der Waals surface area contributed by atoms with Crippen LogP contribution in [-0.4, -0.2) is 37.0 Å². The molecule has 2 aliphatic rings. The highest BCUT2D eigenvalue weighted by Gasteiger charge is 2.31. The van der Waals surface area contributed by atoms with E-state index in [4.69, 9.17) is 0 Å². The first-order chi connectivity index (χ1) is 14.3. The van der Waals surface area contributed by atoms with Crippen molar-refractivity contribution < 1.29 is 4.79 Å². The Bertz CT molecular complexity index is 759. The van der Waals surface area contributed by atoms with Crippen molar-refractivity contribution in [1.29, 1.82) is 0 Å². The fourth-order valence-corrected chi connectivity index (χ4v) is 4.59. The van der Waals surface area contributed by atoms with Gasteiger partial charge in [0.05, 0.1) is 6.04 Å². The summed E-state index contributed by atoms with van der Waals surface area (Å²) in [6.45, 7) is 4.42. The number of hydrogen-bond acceptors (Lipinski definition) is 4. The quantitative estimate of drug-likeness (QED) is 0.674. The molecule has 3 N–H and O–H groups in total. The van der Waals surface area contributed by atoms with Crippen LogP contribution in [0.4, 0.5) is 5.69 Å². The normalized spacial score (nSPS) is 23.2. The number of amides is 1. The maximum absolute atomic E-state index is 12.2. The van der Waals surface area contributed by atoms with Gasteiger partial charge in [0.1, 0.15) is 0 Å². The van der Waals surface area contributed by atoms with Crippen molar-refractivity contribution in [3.8, 4) is 0 Å². The van der Waals surface area contributed by atoms with Gasteiger partial charge in [-0.2, -0.15) is 0 Å². The van der Waals surface area contributed by atoms with E-state index in [1.165, 1.54) is 18.4 Å². The average molecular weight is 393 g/mol. The molecule has 2 fully saturated rings. The Morgan fingerprint density at radius 2 is 1.69 bits per heavy atom. The van der Waals surface area contributed by atoms with Crippen molar-refractivity contribution >= 4 is 11.6 Å². The topological polar surface area (TPSA) is 56.4 Å². The molecule has 2 atom stereocenters. The second kappa shape index (κ2) is 10.0. The molecule has 4 rings (SSSR count). The summed E-state index contributed by atoms with van der Waals surface area (Å²) in [7, 11) is 0. The molecule has 5 nitrogen and oxygen atoms in total. The predicted octanol–water partition coefficient (Wildman–Crippen LogP) is 3.58. The minimum Gasteiger partial charge on any atom is -0.326 e. The Balaban J connectivity index is 1.18. The minimum atomic E-state index is 0.132. The molecule has 29 heavy (non-hydrogen) atoms. The van der Waals surface area contributed by atoms with Gasteiger partial charge in [0.2, 0.25) is 5.91 Å². The van der Waals surface area contributed by atoms with Crippen LogP contribution in [0.3, 0.4) is 0 Å². The van der Waals surface area contributed by atoms with Gasteiger partial charge < -0.3 is 10.2 Å². The van der Waals surface area contributed by atoms with Gasteiger partial charge in [-0.15, -0.1) is 0 Å². The Morgan fingerprint density at radius 3 is 2.41 bits per heavy atom. The van der Waals surface area contributed by atoms with Gasteiger partial charge >= 0.3 is 0 Å². The van der Waals surface area contributed by atoms with E-state index < -0.39 is 0 Å². The number of piperidine rings is 1. The zero-order valence-corrected chi connectivity index (χ0v) is 17.0. The van der Waals surface area contributed by atoms with Crippen molar-refractivity contribution in [2.45, 2.75) is 31.7 Å². The summed E-state index contributed by atoms with van der Waals surface area (Å²) >= 11 is 0. The molecule has 1 amide bonds. The van der Waals surface area contributed by atoms with Gasteiger partial charge in [-0.1, -0.05) is 48.5 Å². The highest BCUT2D eigenvalue weighted by atomic mass is 16.1. The number of hydrogen-bond donors (Lipinski definition) is 3. The smallest absolute Gasteiger partial charge is 0.224 e. The molecule has 0 aliphatic carbocycles. The van der Waals surface area contributed by atoms with Crippen LogP contribution in [0.5, 0.6) is 0 Å². The maximum atomic E-state index is 12.2. The van der Waals surface area contributed by atoms with Crippen molar-refractivity contribution in [3.63, 3.8) is 0 Å². The summed E-state index contributed by atoms with van der Waals surface area (Å²) in [6.07, 6.45) is 4.00. The van der Waals surface area contributed by atoms with Crippen LogP contribution in [0.2, 0.25) is 0 Å². The third kappa shape index (κ3) is 5.66. The van der Waals surface area contributed by atoms with Crippen molar-refractivity contribution in [2.75, 3.05) is 31.5 Å². The number of carbonyl (C=O) groups is 1. The van der Waals surface area contributed by atoms with E-state index in [0.717, 1.165) is 38.3 Å². The molecular formula is C24H32N4O. The highest BCUT2D eigenvalue weighted by molar-refractivity contribution is 5.90. The second-order valence-corrected chi connectivity index (χ2v) is 8.37.